The van der Waals surface area contributed by atoms with Crippen molar-refractivity contribution in [3.05, 3.63) is 36.7 Å². The van der Waals surface area contributed by atoms with Gasteiger partial charge in [-0.15, -0.1) is 0 Å². The SMILES string of the molecule is Cn1cccc1SSc1cccn1C. The summed E-state index contributed by atoms with van der Waals surface area (Å²) in [6.45, 7) is 0. The largest absolute Gasteiger partial charge is 0.345 e. The van der Waals surface area contributed by atoms with Crippen LogP contribution in [0.1, 0.15) is 0 Å². The summed E-state index contributed by atoms with van der Waals surface area (Å²) in [5, 5.41) is 2.55. The highest BCUT2D eigenvalue weighted by Gasteiger charge is 2.02. The molecule has 2 aromatic heterocycles. The van der Waals surface area contributed by atoms with Gasteiger partial charge in [-0.25, -0.2) is 0 Å². The van der Waals surface area contributed by atoms with Crippen LogP contribution in [0.25, 0.3) is 0 Å². The van der Waals surface area contributed by atoms with Crippen LogP contribution in [0.2, 0.25) is 0 Å². The summed E-state index contributed by atoms with van der Waals surface area (Å²) in [5.41, 5.74) is 0. The van der Waals surface area contributed by atoms with Crippen molar-refractivity contribution in [2.24, 2.45) is 14.1 Å². The minimum atomic E-state index is 1.27. The Kier molecular flexibility index (Phi) is 2.93. The van der Waals surface area contributed by atoms with Gasteiger partial charge in [0.1, 0.15) is 0 Å². The molecule has 0 aromatic carbocycles. The number of rotatable bonds is 3. The fraction of sp³-hybridized carbons (Fsp3) is 0.200. The Bertz CT molecular complexity index is 377. The number of hydrogen-bond donors (Lipinski definition) is 0. The van der Waals surface area contributed by atoms with Gasteiger partial charge < -0.3 is 9.13 Å². The van der Waals surface area contributed by atoms with E-state index in [2.05, 4.69) is 59.9 Å². The molecule has 0 amide bonds. The molecule has 0 bridgehead atoms. The van der Waals surface area contributed by atoms with E-state index >= 15 is 0 Å². The van der Waals surface area contributed by atoms with E-state index in [4.69, 9.17) is 0 Å². The standard InChI is InChI=1S/C10H12N2S2/c1-11-7-3-5-9(11)13-14-10-6-4-8-12(10)2/h3-8H,1-2H3. The summed E-state index contributed by atoms with van der Waals surface area (Å²) in [6, 6.07) is 8.38. The molecule has 0 fully saturated rings. The van der Waals surface area contributed by atoms with Crippen molar-refractivity contribution in [1.82, 2.24) is 9.13 Å². The van der Waals surface area contributed by atoms with Gasteiger partial charge in [0.25, 0.3) is 0 Å². The third-order valence-electron chi connectivity index (χ3n) is 2.00. The second kappa shape index (κ2) is 4.19. The van der Waals surface area contributed by atoms with E-state index in [9.17, 15) is 0 Å². The third-order valence-corrected chi connectivity index (χ3v) is 4.55. The molecular weight excluding hydrogens is 212 g/mol. The summed E-state index contributed by atoms with van der Waals surface area (Å²) in [5.74, 6) is 0. The van der Waals surface area contributed by atoms with E-state index in [1.807, 2.05) is 0 Å². The summed E-state index contributed by atoms with van der Waals surface area (Å²) >= 11 is 0. The van der Waals surface area contributed by atoms with Crippen molar-refractivity contribution in [2.75, 3.05) is 0 Å². The topological polar surface area (TPSA) is 9.86 Å². The lowest BCUT2D eigenvalue weighted by Gasteiger charge is -2.03. The van der Waals surface area contributed by atoms with E-state index < -0.39 is 0 Å². The Hall–Kier alpha value is -0.740. The maximum Gasteiger partial charge on any atom is 0.0857 e. The van der Waals surface area contributed by atoms with Crippen molar-refractivity contribution in [3.63, 3.8) is 0 Å². The molecule has 0 N–H and O–H groups in total. The second-order valence-corrected chi connectivity index (χ2v) is 5.25. The Balaban J connectivity index is 2.02. The zero-order chi connectivity index (χ0) is 9.97. The smallest absolute Gasteiger partial charge is 0.0857 e. The average molecular weight is 224 g/mol. The second-order valence-electron chi connectivity index (χ2n) is 3.08. The minimum Gasteiger partial charge on any atom is -0.345 e. The van der Waals surface area contributed by atoms with Gasteiger partial charge in [0.15, 0.2) is 0 Å². The van der Waals surface area contributed by atoms with E-state index in [1.165, 1.54) is 10.1 Å². The lowest BCUT2D eigenvalue weighted by atomic mass is 10.7. The van der Waals surface area contributed by atoms with Gasteiger partial charge in [-0.2, -0.15) is 0 Å². The van der Waals surface area contributed by atoms with Gasteiger partial charge in [-0.1, -0.05) is 0 Å². The first-order valence-corrected chi connectivity index (χ1v) is 6.49. The summed E-state index contributed by atoms with van der Waals surface area (Å²) in [6.07, 6.45) is 4.13. The Morgan fingerprint density at radius 3 is 1.57 bits per heavy atom. The molecule has 0 spiro atoms. The van der Waals surface area contributed by atoms with Crippen molar-refractivity contribution >= 4 is 21.6 Å². The highest BCUT2D eigenvalue weighted by molar-refractivity contribution is 8.76. The molecule has 0 saturated heterocycles. The van der Waals surface area contributed by atoms with E-state index in [1.54, 1.807) is 21.6 Å². The molecule has 2 nitrogen and oxygen atoms in total. The summed E-state index contributed by atoms with van der Waals surface area (Å²) in [7, 11) is 7.70. The molecule has 2 aromatic rings. The van der Waals surface area contributed by atoms with Crippen LogP contribution in [0.15, 0.2) is 46.7 Å². The predicted octanol–water partition coefficient (Wildman–Crippen LogP) is 3.16. The molecule has 0 radical (unpaired) electrons. The zero-order valence-electron chi connectivity index (χ0n) is 8.18. The normalized spacial score (nSPS) is 10.7. The first-order valence-electron chi connectivity index (χ1n) is 4.34. The number of nitrogens with zero attached hydrogens (tertiary/aromatic N) is 2. The van der Waals surface area contributed by atoms with Crippen molar-refractivity contribution in [3.8, 4) is 0 Å². The molecule has 74 valence electrons. The van der Waals surface area contributed by atoms with E-state index in [0.717, 1.165) is 0 Å². The molecule has 2 rings (SSSR count). The summed E-state index contributed by atoms with van der Waals surface area (Å²) in [4.78, 5) is 0. The third kappa shape index (κ3) is 2.01. The fourth-order valence-electron chi connectivity index (χ4n) is 1.15. The Morgan fingerprint density at radius 2 is 1.29 bits per heavy atom. The van der Waals surface area contributed by atoms with Gasteiger partial charge in [-0.3, -0.25) is 0 Å². The van der Waals surface area contributed by atoms with Crippen molar-refractivity contribution in [2.45, 2.75) is 10.1 Å². The van der Waals surface area contributed by atoms with Gasteiger partial charge in [0, 0.05) is 26.5 Å². The quantitative estimate of drug-likeness (QED) is 0.741. The van der Waals surface area contributed by atoms with Crippen LogP contribution in [0.4, 0.5) is 0 Å². The molecule has 0 aliphatic heterocycles. The lowest BCUT2D eigenvalue weighted by Crippen LogP contribution is -1.86. The molecule has 14 heavy (non-hydrogen) atoms. The van der Waals surface area contributed by atoms with Crippen LogP contribution in [0.5, 0.6) is 0 Å². The predicted molar refractivity (Wildman–Crippen MR) is 62.5 cm³/mol. The van der Waals surface area contributed by atoms with E-state index in [-0.39, 0.29) is 0 Å². The molecule has 0 atom stereocenters. The highest BCUT2D eigenvalue weighted by Crippen LogP contribution is 2.36. The fourth-order valence-corrected chi connectivity index (χ4v) is 3.50. The number of hydrogen-bond acceptors (Lipinski definition) is 2. The van der Waals surface area contributed by atoms with Crippen LogP contribution < -0.4 is 0 Å². The van der Waals surface area contributed by atoms with Crippen LogP contribution in [-0.4, -0.2) is 9.13 Å². The minimum absolute atomic E-state index is 1.27. The first kappa shape index (κ1) is 9.80. The molecule has 0 aliphatic rings. The molecule has 0 unspecified atom stereocenters. The first-order chi connectivity index (χ1) is 6.77. The van der Waals surface area contributed by atoms with Gasteiger partial charge in [0.05, 0.1) is 10.1 Å². The van der Waals surface area contributed by atoms with Crippen molar-refractivity contribution < 1.29 is 0 Å². The molecule has 2 heterocycles. The lowest BCUT2D eigenvalue weighted by molar-refractivity contribution is 0.828. The molecule has 4 heteroatoms. The molecule has 0 saturated carbocycles. The number of aryl methyl sites for hydroxylation is 2. The Labute approximate surface area is 91.7 Å². The Morgan fingerprint density at radius 1 is 0.857 bits per heavy atom. The van der Waals surface area contributed by atoms with Crippen LogP contribution >= 0.6 is 21.6 Å². The number of aromatic nitrogens is 2. The van der Waals surface area contributed by atoms with Crippen LogP contribution in [0.3, 0.4) is 0 Å². The molecule has 0 aliphatic carbocycles. The highest BCUT2D eigenvalue weighted by atomic mass is 33.1. The monoisotopic (exact) mass is 224 g/mol. The maximum atomic E-state index is 2.13. The summed E-state index contributed by atoms with van der Waals surface area (Å²) < 4.78 is 4.25. The maximum absolute atomic E-state index is 2.13. The van der Waals surface area contributed by atoms with E-state index in [0.29, 0.717) is 0 Å². The van der Waals surface area contributed by atoms with Crippen LogP contribution in [0, 0.1) is 0 Å². The van der Waals surface area contributed by atoms with Gasteiger partial charge >= 0.3 is 0 Å². The average Bonchev–Trinajstić information content (AvgIpc) is 2.72. The van der Waals surface area contributed by atoms with Gasteiger partial charge in [-0.05, 0) is 45.9 Å². The van der Waals surface area contributed by atoms with Gasteiger partial charge in [0.2, 0.25) is 0 Å². The van der Waals surface area contributed by atoms with Crippen LogP contribution in [-0.2, 0) is 14.1 Å². The molecular formula is C10H12N2S2. The zero-order valence-corrected chi connectivity index (χ0v) is 9.81. The van der Waals surface area contributed by atoms with Crippen molar-refractivity contribution in [1.29, 1.82) is 0 Å².